The largest absolute Gasteiger partial charge is 0.390 e. The van der Waals surface area contributed by atoms with Gasteiger partial charge in [0.05, 0.1) is 11.7 Å². The molecule has 2 fully saturated rings. The Labute approximate surface area is 205 Å². The van der Waals surface area contributed by atoms with Crippen LogP contribution in [0.25, 0.3) is 10.8 Å². The fourth-order valence-electron chi connectivity index (χ4n) is 7.67. The van der Waals surface area contributed by atoms with Crippen molar-refractivity contribution in [1.29, 1.82) is 0 Å². The van der Waals surface area contributed by atoms with Gasteiger partial charge >= 0.3 is 0 Å². The van der Waals surface area contributed by atoms with E-state index in [0.717, 1.165) is 16.3 Å². The fraction of sp³-hybridized carbons (Fsp3) is 0.517. The Morgan fingerprint density at radius 3 is 2.71 bits per heavy atom. The minimum absolute atomic E-state index is 0.0179. The van der Waals surface area contributed by atoms with Gasteiger partial charge in [-0.25, -0.2) is 0 Å². The zero-order valence-electron chi connectivity index (χ0n) is 20.2. The number of hydrogen-bond donors (Lipinski definition) is 4. The van der Waals surface area contributed by atoms with E-state index in [-0.39, 0.29) is 30.0 Å². The summed E-state index contributed by atoms with van der Waals surface area (Å²) in [6, 6.07) is 7.59. The molecule has 184 valence electrons. The number of carbonyl (C=O) groups is 1. The van der Waals surface area contributed by atoms with E-state index in [1.807, 2.05) is 44.2 Å². The lowest BCUT2D eigenvalue weighted by Crippen LogP contribution is -2.51. The summed E-state index contributed by atoms with van der Waals surface area (Å²) in [5.41, 5.74) is -1.39. The molecule has 4 aliphatic rings. The molecule has 1 aromatic carbocycles. The van der Waals surface area contributed by atoms with Crippen LogP contribution in [-0.4, -0.2) is 49.0 Å². The summed E-state index contributed by atoms with van der Waals surface area (Å²) in [7, 11) is 0. The molecule has 0 bridgehead atoms. The van der Waals surface area contributed by atoms with Gasteiger partial charge < -0.3 is 20.4 Å². The van der Waals surface area contributed by atoms with Crippen molar-refractivity contribution in [3.05, 3.63) is 65.5 Å². The molecule has 6 heteroatoms. The maximum atomic E-state index is 13.6. The molecule has 0 saturated heterocycles. The normalized spacial score (nSPS) is 43.0. The van der Waals surface area contributed by atoms with Crippen LogP contribution in [0.3, 0.4) is 0 Å². The third-order valence-corrected chi connectivity index (χ3v) is 9.80. The molecule has 8 unspecified atom stereocenters. The number of pyridine rings is 1. The van der Waals surface area contributed by atoms with Gasteiger partial charge in [0.15, 0.2) is 11.4 Å². The van der Waals surface area contributed by atoms with E-state index in [1.54, 1.807) is 12.4 Å². The Balaban J connectivity index is 1.42. The second kappa shape index (κ2) is 7.56. The monoisotopic (exact) mass is 475 g/mol. The van der Waals surface area contributed by atoms with E-state index >= 15 is 0 Å². The lowest BCUT2D eigenvalue weighted by Gasteiger charge is -2.47. The number of fused-ring (bicyclic) bond motifs is 5. The van der Waals surface area contributed by atoms with E-state index in [0.29, 0.717) is 36.8 Å². The molecule has 8 atom stereocenters. The van der Waals surface area contributed by atoms with E-state index < -0.39 is 28.8 Å². The zero-order valence-corrected chi connectivity index (χ0v) is 20.2. The third-order valence-electron chi connectivity index (χ3n) is 9.80. The van der Waals surface area contributed by atoms with Crippen LogP contribution in [-0.2, 0) is 10.4 Å². The molecule has 0 radical (unpaired) electrons. The minimum Gasteiger partial charge on any atom is -0.390 e. The second-order valence-electron chi connectivity index (χ2n) is 11.6. The van der Waals surface area contributed by atoms with Crippen LogP contribution >= 0.6 is 0 Å². The highest BCUT2D eigenvalue weighted by atomic mass is 16.3. The van der Waals surface area contributed by atoms with Gasteiger partial charge in [0.2, 0.25) is 0 Å². The Morgan fingerprint density at radius 1 is 1.11 bits per heavy atom. The first-order valence-electron chi connectivity index (χ1n) is 12.7. The van der Waals surface area contributed by atoms with E-state index in [4.69, 9.17) is 0 Å². The second-order valence-corrected chi connectivity index (χ2v) is 11.6. The number of benzene rings is 1. The number of carbonyl (C=O) groups excluding carboxylic acids is 1. The molecule has 2 aromatic rings. The van der Waals surface area contributed by atoms with Gasteiger partial charge in [-0.3, -0.25) is 9.78 Å². The molecule has 1 aromatic heterocycles. The summed E-state index contributed by atoms with van der Waals surface area (Å²) >= 11 is 0. The highest BCUT2D eigenvalue weighted by Gasteiger charge is 2.65. The van der Waals surface area contributed by atoms with Crippen LogP contribution in [0.2, 0.25) is 0 Å². The third kappa shape index (κ3) is 3.03. The maximum absolute atomic E-state index is 13.6. The van der Waals surface area contributed by atoms with Crippen molar-refractivity contribution in [3.63, 3.8) is 0 Å². The minimum atomic E-state index is -1.61. The predicted octanol–water partition coefficient (Wildman–Crippen LogP) is 3.18. The number of ketones is 1. The van der Waals surface area contributed by atoms with Crippen LogP contribution < -0.4 is 0 Å². The number of aromatic nitrogens is 1. The van der Waals surface area contributed by atoms with Crippen molar-refractivity contribution in [3.8, 4) is 0 Å². The molecule has 0 amide bonds. The molecule has 4 N–H and O–H groups in total. The molecule has 1 heterocycles. The van der Waals surface area contributed by atoms with Gasteiger partial charge in [0.25, 0.3) is 0 Å². The van der Waals surface area contributed by atoms with Gasteiger partial charge in [-0.05, 0) is 77.7 Å². The molecular weight excluding hydrogens is 442 g/mol. The number of hydrogen-bond acceptors (Lipinski definition) is 6. The van der Waals surface area contributed by atoms with Crippen LogP contribution in [0, 0.1) is 23.2 Å². The number of allylic oxidation sites excluding steroid dienone is 3. The standard InChI is InChI=1S/C29H33NO5/c1-16-14-28(34)9-6-21-18(12-23(28)26(33)25(16)32)5-8-27(2)22(21)13-24(31)29(27,35)20-4-3-17-7-10-30-15-19(17)11-20/h3-5,7,10-12,15-16,21-22,25-26,32-35H,6,8-9,13-14H2,1-2H3. The summed E-state index contributed by atoms with van der Waals surface area (Å²) in [5.74, 6) is -0.493. The van der Waals surface area contributed by atoms with E-state index in [1.165, 1.54) is 0 Å². The van der Waals surface area contributed by atoms with Crippen molar-refractivity contribution in [2.24, 2.45) is 23.2 Å². The van der Waals surface area contributed by atoms with Crippen molar-refractivity contribution in [1.82, 2.24) is 4.98 Å². The lowest BCUT2D eigenvalue weighted by atomic mass is 9.58. The van der Waals surface area contributed by atoms with Crippen molar-refractivity contribution in [2.45, 2.75) is 69.4 Å². The Kier molecular flexibility index (Phi) is 4.98. The Morgan fingerprint density at radius 2 is 1.91 bits per heavy atom. The first-order valence-corrected chi connectivity index (χ1v) is 12.7. The van der Waals surface area contributed by atoms with Gasteiger partial charge in [-0.1, -0.05) is 38.1 Å². The first-order chi connectivity index (χ1) is 16.6. The zero-order chi connectivity index (χ0) is 24.8. The van der Waals surface area contributed by atoms with Crippen LogP contribution in [0.5, 0.6) is 0 Å². The SMILES string of the molecule is CC1CC2(O)CCC3C(=CCC4(C)C3CC(=O)C4(O)c3ccc4ccncc4c3)C=C2C(O)C1O. The van der Waals surface area contributed by atoms with Crippen LogP contribution in [0.1, 0.15) is 51.5 Å². The summed E-state index contributed by atoms with van der Waals surface area (Å²) < 4.78 is 0. The lowest BCUT2D eigenvalue weighted by molar-refractivity contribution is -0.146. The highest BCUT2D eigenvalue weighted by Crippen LogP contribution is 2.63. The maximum Gasteiger partial charge on any atom is 0.169 e. The molecule has 4 aliphatic carbocycles. The van der Waals surface area contributed by atoms with Gasteiger partial charge in [-0.2, -0.15) is 0 Å². The summed E-state index contributed by atoms with van der Waals surface area (Å²) in [6.07, 6.45) is 7.69. The summed E-state index contributed by atoms with van der Waals surface area (Å²) in [4.78, 5) is 17.8. The molecule has 2 saturated carbocycles. The van der Waals surface area contributed by atoms with Crippen molar-refractivity contribution < 1.29 is 25.2 Å². The van der Waals surface area contributed by atoms with Crippen LogP contribution in [0.15, 0.2) is 60.0 Å². The summed E-state index contributed by atoms with van der Waals surface area (Å²) in [5, 5.41) is 46.9. The number of Topliss-reactive ketones (excluding diaryl/α,β-unsaturated/α-hetero) is 1. The number of rotatable bonds is 1. The predicted molar refractivity (Wildman–Crippen MR) is 131 cm³/mol. The quantitative estimate of drug-likeness (QED) is 0.504. The molecule has 0 spiro atoms. The smallest absolute Gasteiger partial charge is 0.169 e. The van der Waals surface area contributed by atoms with E-state index in [2.05, 4.69) is 11.1 Å². The molecule has 6 rings (SSSR count). The Hall–Kier alpha value is -2.38. The average molecular weight is 476 g/mol. The fourth-order valence-corrected chi connectivity index (χ4v) is 7.67. The number of nitrogens with zero attached hydrogens (tertiary/aromatic N) is 1. The summed E-state index contributed by atoms with van der Waals surface area (Å²) in [6.45, 7) is 3.87. The molecular formula is C29H33NO5. The first kappa shape index (κ1) is 23.0. The number of aliphatic hydroxyl groups excluding tert-OH is 2. The van der Waals surface area contributed by atoms with E-state index in [9.17, 15) is 25.2 Å². The number of aliphatic hydroxyl groups is 4. The highest BCUT2D eigenvalue weighted by molar-refractivity contribution is 5.94. The van der Waals surface area contributed by atoms with Crippen molar-refractivity contribution >= 4 is 16.6 Å². The van der Waals surface area contributed by atoms with Gasteiger partial charge in [-0.15, -0.1) is 0 Å². The van der Waals surface area contributed by atoms with Gasteiger partial charge in [0.1, 0.15) is 6.10 Å². The van der Waals surface area contributed by atoms with Gasteiger partial charge in [0, 0.05) is 29.6 Å². The van der Waals surface area contributed by atoms with Crippen molar-refractivity contribution in [2.75, 3.05) is 0 Å². The Bertz CT molecular complexity index is 1280. The molecule has 35 heavy (non-hydrogen) atoms. The average Bonchev–Trinajstić information content (AvgIpc) is 2.95. The van der Waals surface area contributed by atoms with Crippen LogP contribution in [0.4, 0.5) is 0 Å². The topological polar surface area (TPSA) is 111 Å². The molecule has 0 aliphatic heterocycles. The molecule has 6 nitrogen and oxygen atoms in total.